The summed E-state index contributed by atoms with van der Waals surface area (Å²) < 4.78 is 55.6. The summed E-state index contributed by atoms with van der Waals surface area (Å²) in [6.45, 7) is 0. The van der Waals surface area contributed by atoms with Crippen LogP contribution >= 0.6 is 0 Å². The summed E-state index contributed by atoms with van der Waals surface area (Å²) >= 11 is 0. The fraction of sp³-hybridized carbons (Fsp3) is 0. The highest BCUT2D eigenvalue weighted by molar-refractivity contribution is 6.12. The molecule has 0 aliphatic rings. The Hall–Kier alpha value is -5.08. The van der Waals surface area contributed by atoms with Gasteiger partial charge >= 0.3 is 0 Å². The number of para-hydroxylation sites is 4. The van der Waals surface area contributed by atoms with Crippen LogP contribution in [0.2, 0.25) is 0 Å². The second kappa shape index (κ2) is 8.22. The Kier molecular flexibility index (Phi) is 3.44. The zero-order valence-corrected chi connectivity index (χ0v) is 20.3. The predicted octanol–water partition coefficient (Wildman–Crippen LogP) is 9.55. The second-order valence-corrected chi connectivity index (χ2v) is 9.34. The van der Waals surface area contributed by atoms with E-state index >= 15 is 0 Å². The first kappa shape index (κ1) is 15.9. The van der Waals surface area contributed by atoms with Crippen LogP contribution < -0.4 is 0 Å². The number of benzene rings is 6. The highest BCUT2D eigenvalue weighted by atomic mass is 15.0. The van der Waals surface area contributed by atoms with Crippen molar-refractivity contribution in [2.45, 2.75) is 0 Å². The first-order valence-corrected chi connectivity index (χ1v) is 12.6. The lowest BCUT2D eigenvalue weighted by atomic mass is 10.0. The Labute approximate surface area is 229 Å². The van der Waals surface area contributed by atoms with E-state index in [1.54, 1.807) is 18.2 Å². The summed E-state index contributed by atoms with van der Waals surface area (Å²) in [5, 5.41) is 3.27. The summed E-state index contributed by atoms with van der Waals surface area (Å²) in [6.07, 6.45) is 0. The number of rotatable bonds is 3. The first-order valence-electron chi connectivity index (χ1n) is 15.6. The lowest BCUT2D eigenvalue weighted by molar-refractivity contribution is 1.17. The number of nitrogens with zero attached hydrogens (tertiary/aromatic N) is 2. The van der Waals surface area contributed by atoms with Crippen molar-refractivity contribution in [2.75, 3.05) is 0 Å². The molecule has 2 heteroatoms. The van der Waals surface area contributed by atoms with Gasteiger partial charge in [0.05, 0.1) is 36.0 Å². The number of hydrogen-bond donors (Lipinski definition) is 0. The van der Waals surface area contributed by atoms with Crippen molar-refractivity contribution in [3.63, 3.8) is 0 Å². The van der Waals surface area contributed by atoms with E-state index in [9.17, 15) is 0 Å². The van der Waals surface area contributed by atoms with E-state index in [0.717, 1.165) is 49.6 Å². The molecule has 0 aliphatic heterocycles. The highest BCUT2D eigenvalue weighted by Gasteiger charge is 2.17. The molecule has 2 aromatic heterocycles. The van der Waals surface area contributed by atoms with E-state index in [0.29, 0.717) is 28.6 Å². The van der Waals surface area contributed by atoms with E-state index < -0.39 is 0 Å². The molecule has 0 bridgehead atoms. The molecular weight excluding hydrogens is 460 g/mol. The molecule has 6 aromatic carbocycles. The molecule has 178 valence electrons. The molecule has 38 heavy (non-hydrogen) atoms. The Morgan fingerprint density at radius 1 is 0.447 bits per heavy atom. The Morgan fingerprint density at radius 3 is 1.95 bits per heavy atom. The molecule has 8 rings (SSSR count). The van der Waals surface area contributed by atoms with Gasteiger partial charge in [-0.15, -0.1) is 0 Å². The summed E-state index contributed by atoms with van der Waals surface area (Å²) in [4.78, 5) is 0. The molecule has 0 N–H and O–H groups in total. The molecule has 0 amide bonds. The topological polar surface area (TPSA) is 9.86 Å². The highest BCUT2D eigenvalue weighted by Crippen LogP contribution is 2.38. The van der Waals surface area contributed by atoms with Crippen LogP contribution in [0.3, 0.4) is 0 Å². The van der Waals surface area contributed by atoms with Crippen LogP contribution in [0.15, 0.2) is 145 Å². The molecule has 0 spiro atoms. The van der Waals surface area contributed by atoms with Crippen molar-refractivity contribution in [1.29, 1.82) is 0 Å². The smallest absolute Gasteiger partial charge is 0.0645 e. The number of aromatic nitrogens is 2. The van der Waals surface area contributed by atoms with E-state index in [1.165, 1.54) is 0 Å². The van der Waals surface area contributed by atoms with Crippen molar-refractivity contribution in [2.24, 2.45) is 0 Å². The van der Waals surface area contributed by atoms with E-state index in [1.807, 2.05) is 77.4 Å². The molecule has 0 radical (unpaired) electrons. The van der Waals surface area contributed by atoms with E-state index in [2.05, 4.69) is 22.8 Å². The molecule has 2 nitrogen and oxygen atoms in total. The average molecular weight is 491 g/mol. The van der Waals surface area contributed by atoms with Crippen molar-refractivity contribution in [1.82, 2.24) is 9.13 Å². The summed E-state index contributed by atoms with van der Waals surface area (Å²) in [7, 11) is 0. The van der Waals surface area contributed by atoms with Crippen LogP contribution in [0.5, 0.6) is 0 Å². The minimum Gasteiger partial charge on any atom is -0.309 e. The maximum atomic E-state index is 8.85. The SMILES string of the molecule is [2H]c1cccc([2H])c1-c1ccccc1-n1c2ccccc2c2cc(-n3c4ccccc4c4c([2H])c([2H])c([2H])c([2H])c43)ccc21. The van der Waals surface area contributed by atoms with Crippen LogP contribution in [0.25, 0.3) is 66.1 Å². The minimum absolute atomic E-state index is 0.0475. The standard InChI is InChI=1S/C36H24N2/c1-2-12-25(13-3-1)27-14-4-8-18-32(27)38-35-21-11-7-17-30(35)31-24-26(22-23-36(31)38)37-33-19-9-5-15-28(33)29-16-6-10-20-34(29)37/h1-24H/i5D,9D,12D,13D,15D,19D. The van der Waals surface area contributed by atoms with Gasteiger partial charge in [0.25, 0.3) is 0 Å². The predicted molar refractivity (Wildman–Crippen MR) is 161 cm³/mol. The fourth-order valence-corrected chi connectivity index (χ4v) is 5.68. The van der Waals surface area contributed by atoms with Gasteiger partial charge in [-0.25, -0.2) is 0 Å². The van der Waals surface area contributed by atoms with Crippen LogP contribution in [-0.4, -0.2) is 9.13 Å². The minimum atomic E-state index is -0.260. The largest absolute Gasteiger partial charge is 0.309 e. The fourth-order valence-electron chi connectivity index (χ4n) is 5.68. The summed E-state index contributed by atoms with van der Waals surface area (Å²) in [5.41, 5.74) is 6.20. The first-order chi connectivity index (χ1) is 21.4. The third-order valence-electron chi connectivity index (χ3n) is 7.28. The zero-order chi connectivity index (χ0) is 30.3. The van der Waals surface area contributed by atoms with Crippen molar-refractivity contribution < 1.29 is 8.22 Å². The summed E-state index contributed by atoms with van der Waals surface area (Å²) in [6, 6.07) is 34.9. The van der Waals surface area contributed by atoms with Gasteiger partial charge in [-0.1, -0.05) is 103 Å². The Balaban J connectivity index is 1.47. The zero-order valence-electron chi connectivity index (χ0n) is 26.3. The third-order valence-corrected chi connectivity index (χ3v) is 7.28. The molecule has 0 saturated heterocycles. The Bertz CT molecular complexity index is 2450. The van der Waals surface area contributed by atoms with Gasteiger partial charge in [-0.3, -0.25) is 0 Å². The number of hydrogen-bond acceptors (Lipinski definition) is 0. The van der Waals surface area contributed by atoms with Gasteiger partial charge in [0.15, 0.2) is 0 Å². The molecule has 0 atom stereocenters. The van der Waals surface area contributed by atoms with Crippen LogP contribution in [0, 0.1) is 0 Å². The second-order valence-electron chi connectivity index (χ2n) is 9.34. The monoisotopic (exact) mass is 490 g/mol. The van der Waals surface area contributed by atoms with Gasteiger partial charge in [-0.05, 0) is 48.0 Å². The van der Waals surface area contributed by atoms with Crippen LogP contribution in [-0.2, 0) is 0 Å². The quantitative estimate of drug-likeness (QED) is 0.233. The van der Waals surface area contributed by atoms with Gasteiger partial charge in [0.2, 0.25) is 0 Å². The Morgan fingerprint density at radius 2 is 1.11 bits per heavy atom. The third kappa shape index (κ3) is 3.01. The maximum Gasteiger partial charge on any atom is 0.0645 e. The molecule has 2 heterocycles. The van der Waals surface area contributed by atoms with Crippen LogP contribution in [0.4, 0.5) is 0 Å². The van der Waals surface area contributed by atoms with Crippen molar-refractivity contribution >= 4 is 43.6 Å². The van der Waals surface area contributed by atoms with E-state index in [-0.39, 0.29) is 24.2 Å². The average Bonchev–Trinajstić information content (AvgIpc) is 3.56. The van der Waals surface area contributed by atoms with Gasteiger partial charge in [0, 0.05) is 32.8 Å². The molecular formula is C36H24N2. The van der Waals surface area contributed by atoms with Crippen molar-refractivity contribution in [3.05, 3.63) is 145 Å². The van der Waals surface area contributed by atoms with E-state index in [4.69, 9.17) is 8.22 Å². The summed E-state index contributed by atoms with van der Waals surface area (Å²) in [5.74, 6) is 0. The van der Waals surface area contributed by atoms with Crippen LogP contribution in [0.1, 0.15) is 8.22 Å². The molecule has 0 fully saturated rings. The van der Waals surface area contributed by atoms with Crippen molar-refractivity contribution in [3.8, 4) is 22.5 Å². The molecule has 8 aromatic rings. The van der Waals surface area contributed by atoms with Gasteiger partial charge in [0.1, 0.15) is 0 Å². The number of fused-ring (bicyclic) bond motifs is 6. The normalized spacial score (nSPS) is 13.9. The molecule has 0 unspecified atom stereocenters. The van der Waals surface area contributed by atoms with Gasteiger partial charge in [-0.2, -0.15) is 0 Å². The molecule has 0 aliphatic carbocycles. The maximum absolute atomic E-state index is 8.85. The lowest BCUT2D eigenvalue weighted by Gasteiger charge is -2.14. The lowest BCUT2D eigenvalue weighted by Crippen LogP contribution is -1.97. The molecule has 0 saturated carbocycles. The van der Waals surface area contributed by atoms with Gasteiger partial charge < -0.3 is 9.13 Å².